The molecule has 0 aliphatic heterocycles. The van der Waals surface area contributed by atoms with Gasteiger partial charge in [-0.1, -0.05) is 42.5 Å². The average molecular weight is 614 g/mol. The van der Waals surface area contributed by atoms with Crippen LogP contribution < -0.4 is 20.7 Å². The number of rotatable bonds is 12. The zero-order valence-electron chi connectivity index (χ0n) is 22.7. The van der Waals surface area contributed by atoms with E-state index in [2.05, 4.69) is 5.32 Å². The van der Waals surface area contributed by atoms with Gasteiger partial charge in [-0.2, -0.15) is 26.3 Å². The molecule has 3 aromatic rings. The van der Waals surface area contributed by atoms with Crippen LogP contribution in [0.1, 0.15) is 24.5 Å². The molecule has 3 rings (SSSR count). The van der Waals surface area contributed by atoms with Crippen LogP contribution in [0.5, 0.6) is 5.75 Å². The van der Waals surface area contributed by atoms with E-state index in [0.717, 1.165) is 24.3 Å². The second-order valence-electron chi connectivity index (χ2n) is 9.71. The van der Waals surface area contributed by atoms with E-state index in [4.69, 9.17) is 4.74 Å². The highest BCUT2D eigenvalue weighted by atomic mass is 19.4. The molecule has 2 amide bonds. The van der Waals surface area contributed by atoms with E-state index in [1.54, 1.807) is 41.8 Å². The van der Waals surface area contributed by atoms with Crippen molar-refractivity contribution in [2.45, 2.75) is 43.4 Å². The number of aliphatic hydroxyl groups excluding tert-OH is 1. The van der Waals surface area contributed by atoms with Gasteiger partial charge in [-0.3, -0.25) is 9.59 Å². The van der Waals surface area contributed by atoms with E-state index in [1.807, 2.05) is 6.07 Å². The summed E-state index contributed by atoms with van der Waals surface area (Å²) in [7, 11) is 0. The van der Waals surface area contributed by atoms with Gasteiger partial charge in [0.1, 0.15) is 24.1 Å². The van der Waals surface area contributed by atoms with E-state index < -0.39 is 41.9 Å². The van der Waals surface area contributed by atoms with Gasteiger partial charge < -0.3 is 30.9 Å². The molecule has 0 radical (unpaired) electrons. The van der Waals surface area contributed by atoms with Crippen LogP contribution in [0.3, 0.4) is 0 Å². The van der Waals surface area contributed by atoms with Crippen molar-refractivity contribution in [3.8, 4) is 5.75 Å². The highest BCUT2D eigenvalue weighted by molar-refractivity contribution is 5.95. The molecule has 0 aromatic heterocycles. The highest BCUT2D eigenvalue weighted by Crippen LogP contribution is 2.36. The van der Waals surface area contributed by atoms with Crippen LogP contribution in [0, 0.1) is 0 Å². The Hall–Kier alpha value is -4.14. The standard InChI is InChI=1S/C29H29F6N3O5/c1-18(36-16-23(39)17-43-24-5-3-2-4-6-24)15-27(42,19-7-11-21(12-8-19)37-25(40)28(30,31)32)20-9-13-22(14-10-20)38-26(41)29(33,34)35/h2-14,18,23,36,39,42H,15-17H2,1H3,(H,37,40)(H,38,41)/t18-,23-/m0/s1. The van der Waals surface area contributed by atoms with Crippen molar-refractivity contribution in [2.75, 3.05) is 23.8 Å². The average Bonchev–Trinajstić information content (AvgIpc) is 2.95. The molecule has 0 spiro atoms. The Morgan fingerprint density at radius 2 is 1.21 bits per heavy atom. The maximum absolute atomic E-state index is 12.6. The normalized spacial score (nSPS) is 13.6. The van der Waals surface area contributed by atoms with Crippen molar-refractivity contribution in [3.63, 3.8) is 0 Å². The SMILES string of the molecule is C[C@@H](CC(O)(c1ccc(NC(=O)C(F)(F)F)cc1)c1ccc(NC(=O)C(F)(F)F)cc1)NC[C@H](O)COc1ccccc1. The molecule has 5 N–H and O–H groups in total. The van der Waals surface area contributed by atoms with E-state index in [1.165, 1.54) is 24.3 Å². The molecule has 0 saturated heterocycles. The maximum atomic E-state index is 12.6. The van der Waals surface area contributed by atoms with Gasteiger partial charge in [0.15, 0.2) is 0 Å². The Labute approximate surface area is 242 Å². The maximum Gasteiger partial charge on any atom is 0.471 e. The van der Waals surface area contributed by atoms with Gasteiger partial charge in [-0.25, -0.2) is 0 Å². The largest absolute Gasteiger partial charge is 0.491 e. The molecule has 0 aliphatic rings. The van der Waals surface area contributed by atoms with Crippen LogP contribution in [-0.4, -0.2) is 59.7 Å². The monoisotopic (exact) mass is 613 g/mol. The van der Waals surface area contributed by atoms with Crippen molar-refractivity contribution in [1.82, 2.24) is 5.32 Å². The molecule has 14 heteroatoms. The lowest BCUT2D eigenvalue weighted by Crippen LogP contribution is -2.41. The molecular weight excluding hydrogens is 584 g/mol. The number of benzene rings is 3. The smallest absolute Gasteiger partial charge is 0.471 e. The van der Waals surface area contributed by atoms with Gasteiger partial charge in [0, 0.05) is 24.0 Å². The summed E-state index contributed by atoms with van der Waals surface area (Å²) in [6.45, 7) is 1.74. The van der Waals surface area contributed by atoms with Crippen LogP contribution in [-0.2, 0) is 15.2 Å². The highest BCUT2D eigenvalue weighted by Gasteiger charge is 2.40. The molecule has 0 unspecified atom stereocenters. The van der Waals surface area contributed by atoms with Gasteiger partial charge in [-0.15, -0.1) is 0 Å². The molecule has 43 heavy (non-hydrogen) atoms. The Balaban J connectivity index is 1.78. The fourth-order valence-electron chi connectivity index (χ4n) is 4.09. The number of aliphatic hydroxyl groups is 2. The van der Waals surface area contributed by atoms with Crippen LogP contribution in [0.15, 0.2) is 78.9 Å². The molecule has 0 heterocycles. The number of anilines is 2. The molecule has 3 aromatic carbocycles. The fourth-order valence-corrected chi connectivity index (χ4v) is 4.09. The van der Waals surface area contributed by atoms with Crippen molar-refractivity contribution >= 4 is 23.2 Å². The predicted octanol–water partition coefficient (Wildman–Crippen LogP) is 4.73. The number of para-hydroxylation sites is 1. The Morgan fingerprint density at radius 1 is 0.767 bits per heavy atom. The molecule has 8 nitrogen and oxygen atoms in total. The summed E-state index contributed by atoms with van der Waals surface area (Å²) in [5, 5.41) is 28.7. The number of carbonyl (C=O) groups is 2. The minimum Gasteiger partial charge on any atom is -0.491 e. The van der Waals surface area contributed by atoms with Crippen LogP contribution in [0.25, 0.3) is 0 Å². The molecule has 0 fully saturated rings. The summed E-state index contributed by atoms with van der Waals surface area (Å²) in [6.07, 6.45) is -11.2. The quantitative estimate of drug-likeness (QED) is 0.189. The van der Waals surface area contributed by atoms with Crippen molar-refractivity contribution < 1.29 is 50.9 Å². The summed E-state index contributed by atoms with van der Waals surface area (Å²) >= 11 is 0. The number of carbonyl (C=O) groups excluding carboxylic acids is 2. The summed E-state index contributed by atoms with van der Waals surface area (Å²) in [5.41, 5.74) is -1.85. The molecule has 0 bridgehead atoms. The summed E-state index contributed by atoms with van der Waals surface area (Å²) in [4.78, 5) is 22.6. The van der Waals surface area contributed by atoms with E-state index in [9.17, 15) is 46.1 Å². The van der Waals surface area contributed by atoms with E-state index >= 15 is 0 Å². The summed E-state index contributed by atoms with van der Waals surface area (Å²) in [6, 6.07) is 18.1. The lowest BCUT2D eigenvalue weighted by Gasteiger charge is -2.33. The number of amides is 2. The lowest BCUT2D eigenvalue weighted by atomic mass is 9.81. The second-order valence-corrected chi connectivity index (χ2v) is 9.71. The van der Waals surface area contributed by atoms with Crippen LogP contribution in [0.4, 0.5) is 37.7 Å². The molecule has 0 aliphatic carbocycles. The number of alkyl halides is 6. The van der Waals surface area contributed by atoms with Crippen molar-refractivity contribution in [3.05, 3.63) is 90.0 Å². The van der Waals surface area contributed by atoms with Crippen molar-refractivity contribution in [1.29, 1.82) is 0 Å². The van der Waals surface area contributed by atoms with Crippen LogP contribution >= 0.6 is 0 Å². The predicted molar refractivity (Wildman–Crippen MR) is 145 cm³/mol. The van der Waals surface area contributed by atoms with Crippen LogP contribution in [0.2, 0.25) is 0 Å². The van der Waals surface area contributed by atoms with Crippen molar-refractivity contribution in [2.24, 2.45) is 0 Å². The van der Waals surface area contributed by atoms with Gasteiger partial charge in [0.2, 0.25) is 0 Å². The lowest BCUT2D eigenvalue weighted by molar-refractivity contribution is -0.167. The third-order valence-corrected chi connectivity index (χ3v) is 6.24. The number of nitrogens with one attached hydrogen (secondary N) is 3. The third kappa shape index (κ3) is 9.70. The Morgan fingerprint density at radius 3 is 1.63 bits per heavy atom. The molecular formula is C29H29F6N3O5. The first kappa shape index (κ1) is 33.4. The van der Waals surface area contributed by atoms with Gasteiger partial charge in [0.05, 0.1) is 0 Å². The first-order valence-corrected chi connectivity index (χ1v) is 12.9. The first-order chi connectivity index (χ1) is 20.1. The molecule has 0 saturated carbocycles. The number of hydrogen-bond donors (Lipinski definition) is 5. The Kier molecular flexibility index (Phi) is 10.8. The first-order valence-electron chi connectivity index (χ1n) is 12.9. The zero-order chi connectivity index (χ0) is 31.8. The third-order valence-electron chi connectivity index (χ3n) is 6.24. The minimum atomic E-state index is -5.11. The topological polar surface area (TPSA) is 120 Å². The van der Waals surface area contributed by atoms with Gasteiger partial charge >= 0.3 is 24.2 Å². The zero-order valence-corrected chi connectivity index (χ0v) is 22.7. The van der Waals surface area contributed by atoms with Gasteiger partial charge in [-0.05, 0) is 60.9 Å². The Bertz CT molecular complexity index is 1280. The fraction of sp³-hybridized carbons (Fsp3) is 0.310. The number of hydrogen-bond acceptors (Lipinski definition) is 6. The molecule has 232 valence electrons. The minimum absolute atomic E-state index is 0.0236. The summed E-state index contributed by atoms with van der Waals surface area (Å²) < 4.78 is 81.3. The molecule has 2 atom stereocenters. The van der Waals surface area contributed by atoms with E-state index in [-0.39, 0.29) is 42.1 Å². The number of halogens is 6. The van der Waals surface area contributed by atoms with Gasteiger partial charge in [0.25, 0.3) is 0 Å². The second kappa shape index (κ2) is 13.9. The van der Waals surface area contributed by atoms with E-state index in [0.29, 0.717) is 5.75 Å². The number of ether oxygens (including phenoxy) is 1. The summed E-state index contributed by atoms with van der Waals surface area (Å²) in [5.74, 6) is -3.80.